The number of hydrogen-bond acceptors (Lipinski definition) is 4. The van der Waals surface area contributed by atoms with Crippen LogP contribution in [0.25, 0.3) is 0 Å². The molecule has 2 rings (SSSR count). The second kappa shape index (κ2) is 5.10. The van der Waals surface area contributed by atoms with Gasteiger partial charge in [0, 0.05) is 18.1 Å². The summed E-state index contributed by atoms with van der Waals surface area (Å²) >= 11 is 3.52. The summed E-state index contributed by atoms with van der Waals surface area (Å²) in [6, 6.07) is 0.351. The number of aromatic nitrogens is 2. The topological polar surface area (TPSA) is 38.2 Å². The summed E-state index contributed by atoms with van der Waals surface area (Å²) < 4.78 is 5.47. The Morgan fingerprint density at radius 1 is 1.56 bits per heavy atom. The summed E-state index contributed by atoms with van der Waals surface area (Å²) in [5.74, 6) is 0.993. The van der Waals surface area contributed by atoms with Gasteiger partial charge in [0.1, 0.15) is 0 Å². The largest absolute Gasteiger partial charge is 0.377 e. The van der Waals surface area contributed by atoms with E-state index in [9.17, 15) is 0 Å². The molecule has 4 nitrogen and oxygen atoms in total. The van der Waals surface area contributed by atoms with Gasteiger partial charge in [-0.05, 0) is 13.8 Å². The number of aryl methyl sites for hydroxylation is 2. The van der Waals surface area contributed by atoms with Crippen LogP contribution in [0.15, 0.2) is 6.20 Å². The molecule has 1 atom stereocenters. The maximum Gasteiger partial charge on any atom is 0.150 e. The highest BCUT2D eigenvalue weighted by atomic mass is 79.9. The Labute approximate surface area is 104 Å². The number of halogens is 1. The summed E-state index contributed by atoms with van der Waals surface area (Å²) in [6.07, 6.45) is 1.81. The van der Waals surface area contributed by atoms with Crippen LogP contribution >= 0.6 is 15.9 Å². The van der Waals surface area contributed by atoms with Gasteiger partial charge < -0.3 is 9.64 Å². The Morgan fingerprint density at radius 2 is 2.38 bits per heavy atom. The predicted molar refractivity (Wildman–Crippen MR) is 67.3 cm³/mol. The van der Waals surface area contributed by atoms with Crippen molar-refractivity contribution in [3.8, 4) is 0 Å². The number of nitrogens with zero attached hydrogens (tertiary/aromatic N) is 3. The van der Waals surface area contributed by atoms with Gasteiger partial charge in [-0.15, -0.1) is 0 Å². The SMILES string of the molecule is Cc1cnc(C)c(N2CCOCC2CBr)n1. The molecule has 1 unspecified atom stereocenters. The first kappa shape index (κ1) is 11.8. The molecule has 0 spiro atoms. The van der Waals surface area contributed by atoms with Crippen molar-refractivity contribution in [2.75, 3.05) is 30.0 Å². The fourth-order valence-electron chi connectivity index (χ4n) is 1.86. The van der Waals surface area contributed by atoms with Gasteiger partial charge in [-0.2, -0.15) is 0 Å². The number of alkyl halides is 1. The Balaban J connectivity index is 2.30. The molecule has 0 bridgehead atoms. The first-order chi connectivity index (χ1) is 7.72. The summed E-state index contributed by atoms with van der Waals surface area (Å²) in [6.45, 7) is 6.37. The third-order valence-corrected chi connectivity index (χ3v) is 3.48. The highest BCUT2D eigenvalue weighted by Crippen LogP contribution is 2.21. The molecule has 1 aliphatic rings. The van der Waals surface area contributed by atoms with Gasteiger partial charge in [-0.25, -0.2) is 4.98 Å². The van der Waals surface area contributed by atoms with Crippen LogP contribution in [0.4, 0.5) is 5.82 Å². The summed E-state index contributed by atoms with van der Waals surface area (Å²) in [7, 11) is 0. The van der Waals surface area contributed by atoms with Crippen molar-refractivity contribution in [3.63, 3.8) is 0 Å². The Morgan fingerprint density at radius 3 is 3.12 bits per heavy atom. The van der Waals surface area contributed by atoms with Crippen LogP contribution in [0.2, 0.25) is 0 Å². The second-order valence-corrected chi connectivity index (χ2v) is 4.64. The lowest BCUT2D eigenvalue weighted by molar-refractivity contribution is 0.0999. The number of hydrogen-bond donors (Lipinski definition) is 0. The zero-order valence-corrected chi connectivity index (χ0v) is 11.2. The number of anilines is 1. The molecule has 5 heteroatoms. The van der Waals surface area contributed by atoms with E-state index in [2.05, 4.69) is 30.8 Å². The second-order valence-electron chi connectivity index (χ2n) is 4.00. The fourth-order valence-corrected chi connectivity index (χ4v) is 2.39. The standard InChI is InChI=1S/C11H16BrN3O/c1-8-6-13-9(2)11(14-8)15-3-4-16-7-10(15)5-12/h6,10H,3-5,7H2,1-2H3. The highest BCUT2D eigenvalue weighted by Gasteiger charge is 2.24. The smallest absolute Gasteiger partial charge is 0.150 e. The van der Waals surface area contributed by atoms with E-state index in [1.165, 1.54) is 0 Å². The molecular weight excluding hydrogens is 270 g/mol. The molecule has 2 heterocycles. The average molecular weight is 286 g/mol. The molecule has 1 saturated heterocycles. The van der Waals surface area contributed by atoms with E-state index < -0.39 is 0 Å². The van der Waals surface area contributed by atoms with Crippen LogP contribution in [0.1, 0.15) is 11.4 Å². The van der Waals surface area contributed by atoms with Crippen molar-refractivity contribution in [3.05, 3.63) is 17.6 Å². The van der Waals surface area contributed by atoms with E-state index in [0.717, 1.165) is 42.3 Å². The third-order valence-electron chi connectivity index (χ3n) is 2.73. The van der Waals surface area contributed by atoms with E-state index in [1.807, 2.05) is 20.0 Å². The number of ether oxygens (including phenoxy) is 1. The van der Waals surface area contributed by atoms with Crippen LogP contribution in [0.5, 0.6) is 0 Å². The lowest BCUT2D eigenvalue weighted by Gasteiger charge is -2.36. The van der Waals surface area contributed by atoms with E-state index in [-0.39, 0.29) is 0 Å². The third kappa shape index (κ3) is 2.35. The van der Waals surface area contributed by atoms with E-state index >= 15 is 0 Å². The summed E-state index contributed by atoms with van der Waals surface area (Å²) in [4.78, 5) is 11.2. The van der Waals surface area contributed by atoms with Gasteiger partial charge in [-0.3, -0.25) is 4.98 Å². The normalized spacial score (nSPS) is 21.2. The molecule has 1 aromatic heterocycles. The van der Waals surface area contributed by atoms with Crippen molar-refractivity contribution < 1.29 is 4.74 Å². The highest BCUT2D eigenvalue weighted by molar-refractivity contribution is 9.09. The minimum Gasteiger partial charge on any atom is -0.377 e. The van der Waals surface area contributed by atoms with Gasteiger partial charge in [0.2, 0.25) is 0 Å². The number of morpholine rings is 1. The molecule has 88 valence electrons. The molecule has 1 fully saturated rings. The molecule has 0 amide bonds. The molecule has 16 heavy (non-hydrogen) atoms. The van der Waals surface area contributed by atoms with Crippen molar-refractivity contribution >= 4 is 21.7 Å². The molecule has 0 aromatic carbocycles. The van der Waals surface area contributed by atoms with E-state index in [1.54, 1.807) is 0 Å². The van der Waals surface area contributed by atoms with E-state index in [4.69, 9.17) is 4.74 Å². The van der Waals surface area contributed by atoms with Gasteiger partial charge in [-0.1, -0.05) is 15.9 Å². The molecule has 0 aliphatic carbocycles. The van der Waals surface area contributed by atoms with E-state index in [0.29, 0.717) is 6.04 Å². The lowest BCUT2D eigenvalue weighted by Crippen LogP contribution is -2.47. The fraction of sp³-hybridized carbons (Fsp3) is 0.636. The molecular formula is C11H16BrN3O. The Hall–Kier alpha value is -0.680. The van der Waals surface area contributed by atoms with Crippen LogP contribution in [0, 0.1) is 13.8 Å². The van der Waals surface area contributed by atoms with Crippen LogP contribution in [-0.4, -0.2) is 41.1 Å². The maximum atomic E-state index is 5.47. The Bertz CT molecular complexity index is 372. The van der Waals surface area contributed by atoms with Crippen LogP contribution in [-0.2, 0) is 4.74 Å². The monoisotopic (exact) mass is 285 g/mol. The molecule has 0 radical (unpaired) electrons. The minimum atomic E-state index is 0.351. The maximum absolute atomic E-state index is 5.47. The van der Waals surface area contributed by atoms with Gasteiger partial charge in [0.05, 0.1) is 30.6 Å². The quantitative estimate of drug-likeness (QED) is 0.776. The first-order valence-corrected chi connectivity index (χ1v) is 6.55. The number of rotatable bonds is 2. The van der Waals surface area contributed by atoms with Crippen molar-refractivity contribution in [2.45, 2.75) is 19.9 Å². The van der Waals surface area contributed by atoms with Crippen LogP contribution in [0.3, 0.4) is 0 Å². The molecule has 0 saturated carbocycles. The molecule has 1 aliphatic heterocycles. The molecule has 1 aromatic rings. The van der Waals surface area contributed by atoms with Gasteiger partial charge in [0.25, 0.3) is 0 Å². The van der Waals surface area contributed by atoms with Gasteiger partial charge >= 0.3 is 0 Å². The molecule has 0 N–H and O–H groups in total. The summed E-state index contributed by atoms with van der Waals surface area (Å²) in [5.41, 5.74) is 1.94. The zero-order valence-electron chi connectivity index (χ0n) is 9.61. The lowest BCUT2D eigenvalue weighted by atomic mass is 10.2. The van der Waals surface area contributed by atoms with Crippen LogP contribution < -0.4 is 4.90 Å². The average Bonchev–Trinajstić information content (AvgIpc) is 2.32. The van der Waals surface area contributed by atoms with Crippen molar-refractivity contribution in [1.82, 2.24) is 9.97 Å². The van der Waals surface area contributed by atoms with Crippen molar-refractivity contribution in [2.24, 2.45) is 0 Å². The first-order valence-electron chi connectivity index (χ1n) is 5.43. The van der Waals surface area contributed by atoms with Crippen molar-refractivity contribution in [1.29, 1.82) is 0 Å². The predicted octanol–water partition coefficient (Wildman–Crippen LogP) is 1.69. The Kier molecular flexibility index (Phi) is 3.76. The van der Waals surface area contributed by atoms with Gasteiger partial charge in [0.15, 0.2) is 5.82 Å². The minimum absolute atomic E-state index is 0.351. The summed E-state index contributed by atoms with van der Waals surface area (Å²) in [5, 5.41) is 0.891. The zero-order chi connectivity index (χ0) is 11.5.